The summed E-state index contributed by atoms with van der Waals surface area (Å²) < 4.78 is 4.89. The first-order chi connectivity index (χ1) is 4.33. The van der Waals surface area contributed by atoms with Crippen LogP contribution in [-0.4, -0.2) is 4.98 Å². The summed E-state index contributed by atoms with van der Waals surface area (Å²) in [6.45, 7) is 3.52. The summed E-state index contributed by atoms with van der Waals surface area (Å²) in [6, 6.07) is 0. The number of halogens is 1. The van der Waals surface area contributed by atoms with Gasteiger partial charge in [0.25, 0.3) is 0 Å². The van der Waals surface area contributed by atoms with Crippen molar-refractivity contribution in [2.24, 2.45) is 0 Å². The molecule has 0 N–H and O–H groups in total. The molecule has 1 aromatic heterocycles. The maximum Gasteiger partial charge on any atom is 0.199 e. The van der Waals surface area contributed by atoms with Gasteiger partial charge in [-0.25, -0.2) is 4.98 Å². The maximum absolute atomic E-state index is 5.46. The van der Waals surface area contributed by atoms with Crippen LogP contribution in [-0.2, 0) is 6.42 Å². The lowest BCUT2D eigenvalue weighted by atomic mass is 10.4. The van der Waals surface area contributed by atoms with Crippen LogP contribution in [0.15, 0.2) is 23.3 Å². The van der Waals surface area contributed by atoms with Crippen molar-refractivity contribution in [3.63, 3.8) is 0 Å². The van der Waals surface area contributed by atoms with Crippen molar-refractivity contribution in [3.8, 4) is 0 Å². The first-order valence-electron chi connectivity index (χ1n) is 2.53. The quantitative estimate of drug-likeness (QED) is 0.593. The second-order valence-electron chi connectivity index (χ2n) is 1.56. The molecular weight excluding hydrogens is 138 g/mol. The van der Waals surface area contributed by atoms with Gasteiger partial charge in [0.1, 0.15) is 6.26 Å². The van der Waals surface area contributed by atoms with E-state index in [1.807, 2.05) is 0 Å². The van der Waals surface area contributed by atoms with Crippen LogP contribution < -0.4 is 0 Å². The molecule has 0 aliphatic carbocycles. The van der Waals surface area contributed by atoms with E-state index in [0.29, 0.717) is 17.5 Å². The van der Waals surface area contributed by atoms with E-state index < -0.39 is 0 Å². The van der Waals surface area contributed by atoms with Crippen LogP contribution in [0.1, 0.15) is 5.89 Å². The molecule has 0 atom stereocenters. The highest BCUT2D eigenvalue weighted by atomic mass is 35.5. The van der Waals surface area contributed by atoms with Gasteiger partial charge in [-0.1, -0.05) is 17.7 Å². The maximum atomic E-state index is 5.46. The Kier molecular flexibility index (Phi) is 1.90. The van der Waals surface area contributed by atoms with Gasteiger partial charge in [0.2, 0.25) is 0 Å². The molecule has 0 saturated carbocycles. The standard InChI is InChI=1S/C6H6ClNO/c1-2-3-6-8-5(7)4-9-6/h2,4H,1,3H2. The van der Waals surface area contributed by atoms with Crippen molar-refractivity contribution in [3.05, 3.63) is 30.0 Å². The van der Waals surface area contributed by atoms with Gasteiger partial charge >= 0.3 is 0 Å². The molecule has 2 nitrogen and oxygen atoms in total. The summed E-state index contributed by atoms with van der Waals surface area (Å²) in [5.74, 6) is 0.606. The van der Waals surface area contributed by atoms with E-state index in [9.17, 15) is 0 Å². The second-order valence-corrected chi connectivity index (χ2v) is 1.94. The zero-order chi connectivity index (χ0) is 6.69. The number of hydrogen-bond donors (Lipinski definition) is 0. The van der Waals surface area contributed by atoms with E-state index in [-0.39, 0.29) is 0 Å². The van der Waals surface area contributed by atoms with Gasteiger partial charge in [0.15, 0.2) is 11.0 Å². The molecule has 1 heterocycles. The number of allylic oxidation sites excluding steroid dienone is 1. The third-order valence-electron chi connectivity index (χ3n) is 0.843. The molecule has 0 bridgehead atoms. The molecule has 0 aliphatic heterocycles. The van der Waals surface area contributed by atoms with Crippen LogP contribution in [0.3, 0.4) is 0 Å². The Morgan fingerprint density at radius 3 is 3.11 bits per heavy atom. The van der Waals surface area contributed by atoms with E-state index >= 15 is 0 Å². The van der Waals surface area contributed by atoms with E-state index in [1.165, 1.54) is 6.26 Å². The molecule has 0 amide bonds. The lowest BCUT2D eigenvalue weighted by molar-refractivity contribution is 0.509. The molecule has 9 heavy (non-hydrogen) atoms. The Morgan fingerprint density at radius 1 is 1.89 bits per heavy atom. The van der Waals surface area contributed by atoms with Crippen LogP contribution in [0.2, 0.25) is 5.15 Å². The number of oxazole rings is 1. The monoisotopic (exact) mass is 143 g/mol. The second kappa shape index (κ2) is 2.69. The Morgan fingerprint density at radius 2 is 2.67 bits per heavy atom. The highest BCUT2D eigenvalue weighted by Crippen LogP contribution is 2.07. The number of rotatable bonds is 2. The van der Waals surface area contributed by atoms with Crippen molar-refractivity contribution in [2.45, 2.75) is 6.42 Å². The largest absolute Gasteiger partial charge is 0.447 e. The minimum absolute atomic E-state index is 0.395. The SMILES string of the molecule is C=CCc1nc(Cl)co1. The van der Waals surface area contributed by atoms with Crippen molar-refractivity contribution in [2.75, 3.05) is 0 Å². The van der Waals surface area contributed by atoms with E-state index in [2.05, 4.69) is 11.6 Å². The molecule has 3 heteroatoms. The van der Waals surface area contributed by atoms with Crippen LogP contribution in [0.25, 0.3) is 0 Å². The van der Waals surface area contributed by atoms with Gasteiger partial charge < -0.3 is 4.42 Å². The molecule has 1 rings (SSSR count). The summed E-state index contributed by atoms with van der Waals surface area (Å²) in [5.41, 5.74) is 0. The number of hydrogen-bond acceptors (Lipinski definition) is 2. The van der Waals surface area contributed by atoms with Crippen LogP contribution in [0.5, 0.6) is 0 Å². The first kappa shape index (κ1) is 6.36. The highest BCUT2D eigenvalue weighted by Gasteiger charge is 1.96. The van der Waals surface area contributed by atoms with E-state index in [1.54, 1.807) is 6.08 Å². The molecule has 0 spiro atoms. The molecule has 0 fully saturated rings. The Hall–Kier alpha value is -0.760. The van der Waals surface area contributed by atoms with Gasteiger partial charge in [-0.2, -0.15) is 0 Å². The Labute approximate surface area is 58.2 Å². The summed E-state index contributed by atoms with van der Waals surface area (Å²) in [5, 5.41) is 0.395. The lowest BCUT2D eigenvalue weighted by Crippen LogP contribution is -1.76. The average molecular weight is 144 g/mol. The lowest BCUT2D eigenvalue weighted by Gasteiger charge is -1.80. The predicted octanol–water partition coefficient (Wildman–Crippen LogP) is 2.06. The van der Waals surface area contributed by atoms with Crippen molar-refractivity contribution in [1.82, 2.24) is 4.98 Å². The van der Waals surface area contributed by atoms with Crippen molar-refractivity contribution in [1.29, 1.82) is 0 Å². The summed E-state index contributed by atoms with van der Waals surface area (Å²) in [6.07, 6.45) is 3.75. The third-order valence-corrected chi connectivity index (χ3v) is 1.02. The van der Waals surface area contributed by atoms with Crippen LogP contribution in [0, 0.1) is 0 Å². The molecule has 0 aromatic carbocycles. The molecule has 0 unspecified atom stereocenters. The zero-order valence-electron chi connectivity index (χ0n) is 4.80. The molecule has 48 valence electrons. The number of aromatic nitrogens is 1. The van der Waals surface area contributed by atoms with Gasteiger partial charge in [-0.3, -0.25) is 0 Å². The van der Waals surface area contributed by atoms with Gasteiger partial charge in [0, 0.05) is 6.42 Å². The predicted molar refractivity (Wildman–Crippen MR) is 35.4 cm³/mol. The van der Waals surface area contributed by atoms with E-state index in [4.69, 9.17) is 16.0 Å². The summed E-state index contributed by atoms with van der Waals surface area (Å²) in [4.78, 5) is 3.83. The number of nitrogens with zero attached hydrogens (tertiary/aromatic N) is 1. The zero-order valence-corrected chi connectivity index (χ0v) is 5.56. The van der Waals surface area contributed by atoms with Crippen LogP contribution >= 0.6 is 11.6 Å². The molecular formula is C6H6ClNO. The summed E-state index contributed by atoms with van der Waals surface area (Å²) in [7, 11) is 0. The van der Waals surface area contributed by atoms with Gasteiger partial charge in [0.05, 0.1) is 0 Å². The summed E-state index contributed by atoms with van der Waals surface area (Å²) >= 11 is 5.46. The van der Waals surface area contributed by atoms with Gasteiger partial charge in [-0.05, 0) is 0 Å². The fourth-order valence-electron chi connectivity index (χ4n) is 0.506. The smallest absolute Gasteiger partial charge is 0.199 e. The minimum Gasteiger partial charge on any atom is -0.447 e. The Bertz CT molecular complexity index is 207. The fourth-order valence-corrected chi connectivity index (χ4v) is 0.645. The average Bonchev–Trinajstić information content (AvgIpc) is 2.17. The van der Waals surface area contributed by atoms with Crippen molar-refractivity contribution >= 4 is 11.6 Å². The Balaban J connectivity index is 2.72. The third kappa shape index (κ3) is 1.57. The minimum atomic E-state index is 0.395. The van der Waals surface area contributed by atoms with Crippen molar-refractivity contribution < 1.29 is 4.42 Å². The molecule has 0 saturated heterocycles. The topological polar surface area (TPSA) is 26.0 Å². The fraction of sp³-hybridized carbons (Fsp3) is 0.167. The molecule has 0 radical (unpaired) electrons. The van der Waals surface area contributed by atoms with E-state index in [0.717, 1.165) is 0 Å². The highest BCUT2D eigenvalue weighted by molar-refractivity contribution is 6.29. The molecule has 1 aromatic rings. The van der Waals surface area contributed by atoms with Gasteiger partial charge in [-0.15, -0.1) is 6.58 Å². The van der Waals surface area contributed by atoms with Crippen LogP contribution in [0.4, 0.5) is 0 Å². The molecule has 0 aliphatic rings. The normalized spacial score (nSPS) is 9.44. The first-order valence-corrected chi connectivity index (χ1v) is 2.91.